The smallest absolute Gasteiger partial charge is 0.256 e. The molecule has 3 heterocycles. The van der Waals surface area contributed by atoms with Crippen LogP contribution in [0.1, 0.15) is 63.2 Å². The minimum atomic E-state index is -0.940. The third-order valence-electron chi connectivity index (χ3n) is 6.85. The lowest BCUT2D eigenvalue weighted by atomic mass is 9.90. The second-order valence-corrected chi connectivity index (χ2v) is 10.6. The van der Waals surface area contributed by atoms with Crippen LogP contribution in [0.4, 0.5) is 4.39 Å². The molecular weight excluding hydrogens is 425 g/mol. The molecule has 1 spiro atoms. The molecule has 3 fully saturated rings. The van der Waals surface area contributed by atoms with Gasteiger partial charge in [0, 0.05) is 51.0 Å². The lowest BCUT2D eigenvalue weighted by molar-refractivity contribution is -0.146. The maximum atomic E-state index is 13.6. The summed E-state index contributed by atoms with van der Waals surface area (Å²) in [6, 6.07) is 4.69. The van der Waals surface area contributed by atoms with E-state index < -0.39 is 17.6 Å². The molecule has 8 heteroatoms. The predicted molar refractivity (Wildman–Crippen MR) is 121 cm³/mol. The van der Waals surface area contributed by atoms with Crippen LogP contribution in [0.5, 0.6) is 0 Å². The Hall–Kier alpha value is -2.48. The number of piperidine rings is 1. The highest BCUT2D eigenvalue weighted by Gasteiger charge is 2.55. The first-order chi connectivity index (χ1) is 15.6. The number of benzene rings is 1. The van der Waals surface area contributed by atoms with Gasteiger partial charge in [0.1, 0.15) is 17.6 Å². The molecule has 3 amide bonds. The van der Waals surface area contributed by atoms with Gasteiger partial charge in [-0.25, -0.2) is 4.39 Å². The van der Waals surface area contributed by atoms with E-state index in [1.165, 1.54) is 24.3 Å². The highest BCUT2D eigenvalue weighted by molar-refractivity contribution is 5.98. The van der Waals surface area contributed by atoms with E-state index in [0.29, 0.717) is 51.0 Å². The van der Waals surface area contributed by atoms with E-state index in [-0.39, 0.29) is 29.7 Å². The summed E-state index contributed by atoms with van der Waals surface area (Å²) in [6.45, 7) is 8.56. The van der Waals surface area contributed by atoms with Crippen LogP contribution in [0.15, 0.2) is 24.3 Å². The fraction of sp³-hybridized carbons (Fsp3) is 0.640. The summed E-state index contributed by atoms with van der Waals surface area (Å²) in [6.07, 6.45) is 3.26. The van der Waals surface area contributed by atoms with Crippen molar-refractivity contribution in [1.29, 1.82) is 0 Å². The quantitative estimate of drug-likeness (QED) is 0.697. The van der Waals surface area contributed by atoms with Gasteiger partial charge in [-0.1, -0.05) is 20.8 Å². The second-order valence-electron chi connectivity index (χ2n) is 10.6. The lowest BCUT2D eigenvalue weighted by Crippen LogP contribution is -2.60. The summed E-state index contributed by atoms with van der Waals surface area (Å²) in [5, 5.41) is 0. The number of nitrogens with zero attached hydrogens (tertiary/aromatic N) is 3. The first-order valence-corrected chi connectivity index (χ1v) is 11.9. The Labute approximate surface area is 194 Å². The third kappa shape index (κ3) is 4.90. The zero-order valence-electron chi connectivity index (χ0n) is 19.8. The van der Waals surface area contributed by atoms with Crippen LogP contribution in [-0.2, 0) is 14.3 Å². The van der Waals surface area contributed by atoms with Gasteiger partial charge in [-0.15, -0.1) is 0 Å². The van der Waals surface area contributed by atoms with E-state index in [0.717, 1.165) is 12.8 Å². The van der Waals surface area contributed by atoms with Crippen molar-refractivity contribution < 1.29 is 23.5 Å². The maximum absolute atomic E-state index is 13.6. The molecular formula is C25H34FN3O4. The molecule has 3 saturated heterocycles. The summed E-state index contributed by atoms with van der Waals surface area (Å²) < 4.78 is 19.7. The molecule has 7 nitrogen and oxygen atoms in total. The van der Waals surface area contributed by atoms with E-state index in [2.05, 4.69) is 0 Å². The van der Waals surface area contributed by atoms with Crippen molar-refractivity contribution in [1.82, 2.24) is 14.7 Å². The highest BCUT2D eigenvalue weighted by Crippen LogP contribution is 2.39. The Bertz CT molecular complexity index is 897. The summed E-state index contributed by atoms with van der Waals surface area (Å²) in [5.74, 6) is -0.753. The van der Waals surface area contributed by atoms with Crippen LogP contribution in [0.25, 0.3) is 0 Å². The molecule has 180 valence electrons. The van der Waals surface area contributed by atoms with Crippen LogP contribution in [0, 0.1) is 11.2 Å². The third-order valence-corrected chi connectivity index (χ3v) is 6.85. The number of likely N-dealkylation sites (tertiary alicyclic amines) is 2. The Balaban J connectivity index is 1.57. The van der Waals surface area contributed by atoms with Crippen LogP contribution in [-0.4, -0.2) is 77.0 Å². The fourth-order valence-corrected chi connectivity index (χ4v) is 5.11. The van der Waals surface area contributed by atoms with Crippen LogP contribution in [0.3, 0.4) is 0 Å². The van der Waals surface area contributed by atoms with Gasteiger partial charge in [-0.3, -0.25) is 19.3 Å². The molecule has 1 atom stereocenters. The van der Waals surface area contributed by atoms with Crippen molar-refractivity contribution in [3.05, 3.63) is 35.6 Å². The molecule has 3 aliphatic rings. The zero-order chi connectivity index (χ0) is 23.8. The Kier molecular flexibility index (Phi) is 6.49. The first kappa shape index (κ1) is 23.7. The number of rotatable bonds is 3. The predicted octanol–water partition coefficient (Wildman–Crippen LogP) is 3.04. The van der Waals surface area contributed by atoms with Crippen LogP contribution >= 0.6 is 0 Å². The summed E-state index contributed by atoms with van der Waals surface area (Å²) in [7, 11) is 0. The number of halogens is 1. The van der Waals surface area contributed by atoms with Crippen molar-refractivity contribution in [2.45, 2.75) is 64.6 Å². The van der Waals surface area contributed by atoms with Gasteiger partial charge in [-0.05, 0) is 42.5 Å². The molecule has 0 radical (unpaired) electrons. The first-order valence-electron chi connectivity index (χ1n) is 11.9. The molecule has 0 aliphatic carbocycles. The molecule has 0 N–H and O–H groups in total. The fourth-order valence-electron chi connectivity index (χ4n) is 5.11. The van der Waals surface area contributed by atoms with Gasteiger partial charge < -0.3 is 14.5 Å². The number of amides is 3. The average molecular weight is 460 g/mol. The number of hydrogen-bond acceptors (Lipinski definition) is 4. The monoisotopic (exact) mass is 459 g/mol. The second kappa shape index (κ2) is 9.05. The zero-order valence-corrected chi connectivity index (χ0v) is 19.8. The molecule has 3 aliphatic heterocycles. The van der Waals surface area contributed by atoms with Crippen molar-refractivity contribution >= 4 is 17.7 Å². The van der Waals surface area contributed by atoms with Gasteiger partial charge in [0.05, 0.1) is 6.61 Å². The molecule has 1 aromatic carbocycles. The van der Waals surface area contributed by atoms with Gasteiger partial charge in [-0.2, -0.15) is 0 Å². The number of carbonyl (C=O) groups excluding carboxylic acids is 3. The number of carbonyl (C=O) groups is 3. The Morgan fingerprint density at radius 3 is 2.18 bits per heavy atom. The van der Waals surface area contributed by atoms with Gasteiger partial charge >= 0.3 is 0 Å². The standard InChI is InChI=1S/C25H34FN3O4/c1-24(2,3)16-21(30)27-14-10-25(11-15-27)29(22(31)18-6-8-19(26)9-7-18)20(17-33-25)23(32)28-12-4-5-13-28/h6-9,20H,4-5,10-17H2,1-3H3/t20-/m1/s1. The molecule has 4 rings (SSSR count). The minimum absolute atomic E-state index is 0.0916. The van der Waals surface area contributed by atoms with E-state index in [1.807, 2.05) is 25.7 Å². The van der Waals surface area contributed by atoms with E-state index >= 15 is 0 Å². The molecule has 0 saturated carbocycles. The topological polar surface area (TPSA) is 70.2 Å². The lowest BCUT2D eigenvalue weighted by Gasteiger charge is -2.45. The minimum Gasteiger partial charge on any atom is -0.353 e. The Morgan fingerprint density at radius 2 is 1.61 bits per heavy atom. The maximum Gasteiger partial charge on any atom is 0.256 e. The van der Waals surface area contributed by atoms with Crippen molar-refractivity contribution in [2.24, 2.45) is 5.41 Å². The molecule has 0 bridgehead atoms. The van der Waals surface area contributed by atoms with Gasteiger partial charge in [0.25, 0.3) is 5.91 Å². The van der Waals surface area contributed by atoms with E-state index in [9.17, 15) is 18.8 Å². The largest absolute Gasteiger partial charge is 0.353 e. The molecule has 0 unspecified atom stereocenters. The number of hydrogen-bond donors (Lipinski definition) is 0. The summed E-state index contributed by atoms with van der Waals surface area (Å²) >= 11 is 0. The summed E-state index contributed by atoms with van der Waals surface area (Å²) in [4.78, 5) is 44.9. The van der Waals surface area contributed by atoms with Crippen molar-refractivity contribution in [3.8, 4) is 0 Å². The molecule has 0 aromatic heterocycles. The van der Waals surface area contributed by atoms with Crippen LogP contribution < -0.4 is 0 Å². The number of ether oxygens (including phenoxy) is 1. The van der Waals surface area contributed by atoms with Crippen molar-refractivity contribution in [2.75, 3.05) is 32.8 Å². The van der Waals surface area contributed by atoms with Gasteiger partial charge in [0.2, 0.25) is 11.8 Å². The Morgan fingerprint density at radius 1 is 1.00 bits per heavy atom. The average Bonchev–Trinajstić information content (AvgIpc) is 3.41. The van der Waals surface area contributed by atoms with E-state index in [4.69, 9.17) is 4.74 Å². The summed E-state index contributed by atoms with van der Waals surface area (Å²) in [5.41, 5.74) is -0.718. The SMILES string of the molecule is CC(C)(C)CC(=O)N1CCC2(CC1)OC[C@H](C(=O)N1CCCC1)N2C(=O)c1ccc(F)cc1. The van der Waals surface area contributed by atoms with E-state index in [1.54, 1.807) is 9.80 Å². The molecule has 1 aromatic rings. The van der Waals surface area contributed by atoms with Gasteiger partial charge in [0.15, 0.2) is 0 Å². The van der Waals surface area contributed by atoms with Crippen molar-refractivity contribution in [3.63, 3.8) is 0 Å². The highest BCUT2D eigenvalue weighted by atomic mass is 19.1. The normalized spacial score (nSPS) is 22.8. The van der Waals surface area contributed by atoms with Crippen LogP contribution in [0.2, 0.25) is 0 Å². The molecule has 33 heavy (non-hydrogen) atoms.